The minimum Gasteiger partial charge on any atom is -0.465 e. The molecule has 0 bridgehead atoms. The summed E-state index contributed by atoms with van der Waals surface area (Å²) >= 11 is 5.22. The number of halogens is 2. The van der Waals surface area contributed by atoms with Gasteiger partial charge in [0, 0.05) is 8.04 Å². The van der Waals surface area contributed by atoms with Crippen molar-refractivity contribution in [3.8, 4) is 0 Å². The predicted octanol–water partition coefficient (Wildman–Crippen LogP) is 2.63. The average Bonchev–Trinajstić information content (AvgIpc) is 2.30. The summed E-state index contributed by atoms with van der Waals surface area (Å²) < 4.78 is 10.4. The normalized spacial score (nSPS) is 9.75. The fourth-order valence-corrected chi connectivity index (χ4v) is 2.28. The molecule has 0 unspecified atom stereocenters. The number of esters is 2. The predicted molar refractivity (Wildman–Crippen MR) is 69.5 cm³/mol. The standard InChI is InChI=1S/C10H8BrIO4/c1-15-9(13)5-3-4-6(10(14)16-2)8(12)7(5)11/h3-4H,1-2H3. The lowest BCUT2D eigenvalue weighted by atomic mass is 10.1. The molecule has 16 heavy (non-hydrogen) atoms. The van der Waals surface area contributed by atoms with E-state index in [-0.39, 0.29) is 0 Å². The average molecular weight is 399 g/mol. The number of carbonyl (C=O) groups excluding carboxylic acids is 2. The Morgan fingerprint density at radius 1 is 1.12 bits per heavy atom. The highest BCUT2D eigenvalue weighted by Gasteiger charge is 2.19. The van der Waals surface area contributed by atoms with Crippen molar-refractivity contribution in [2.24, 2.45) is 0 Å². The van der Waals surface area contributed by atoms with Gasteiger partial charge in [-0.1, -0.05) is 0 Å². The van der Waals surface area contributed by atoms with Gasteiger partial charge in [0.2, 0.25) is 0 Å². The van der Waals surface area contributed by atoms with Crippen LogP contribution in [-0.4, -0.2) is 26.2 Å². The van der Waals surface area contributed by atoms with Gasteiger partial charge in [-0.3, -0.25) is 0 Å². The van der Waals surface area contributed by atoms with E-state index >= 15 is 0 Å². The van der Waals surface area contributed by atoms with Gasteiger partial charge in [-0.05, 0) is 50.7 Å². The van der Waals surface area contributed by atoms with E-state index in [1.165, 1.54) is 26.4 Å². The van der Waals surface area contributed by atoms with Crippen molar-refractivity contribution in [1.29, 1.82) is 0 Å². The van der Waals surface area contributed by atoms with E-state index in [1.807, 2.05) is 22.6 Å². The number of methoxy groups -OCH3 is 2. The smallest absolute Gasteiger partial charge is 0.339 e. The summed E-state index contributed by atoms with van der Waals surface area (Å²) in [6.45, 7) is 0. The zero-order valence-electron chi connectivity index (χ0n) is 8.54. The molecule has 0 N–H and O–H groups in total. The maximum atomic E-state index is 11.4. The molecule has 1 rings (SSSR count). The Kier molecular flexibility index (Phi) is 4.72. The minimum absolute atomic E-state index is 0.375. The lowest BCUT2D eigenvalue weighted by molar-refractivity contribution is 0.0585. The largest absolute Gasteiger partial charge is 0.465 e. The molecule has 0 aliphatic rings. The molecule has 0 aliphatic carbocycles. The number of ether oxygens (including phenoxy) is 2. The SMILES string of the molecule is COC(=O)c1ccc(C(=O)OC)c(I)c1Br. The Morgan fingerprint density at radius 3 is 2.06 bits per heavy atom. The van der Waals surface area contributed by atoms with Crippen molar-refractivity contribution in [1.82, 2.24) is 0 Å². The van der Waals surface area contributed by atoms with Crippen LogP contribution in [0.1, 0.15) is 20.7 Å². The highest BCUT2D eigenvalue weighted by molar-refractivity contribution is 14.1. The van der Waals surface area contributed by atoms with Crippen molar-refractivity contribution in [2.45, 2.75) is 0 Å². The molecule has 0 fully saturated rings. The topological polar surface area (TPSA) is 52.6 Å². The van der Waals surface area contributed by atoms with Gasteiger partial charge in [-0.2, -0.15) is 0 Å². The highest BCUT2D eigenvalue weighted by Crippen LogP contribution is 2.27. The number of benzene rings is 1. The third kappa shape index (κ3) is 2.54. The zero-order chi connectivity index (χ0) is 12.3. The molecule has 0 saturated carbocycles. The summed E-state index contributed by atoms with van der Waals surface area (Å²) in [6.07, 6.45) is 0. The number of rotatable bonds is 2. The maximum Gasteiger partial charge on any atom is 0.339 e. The molecule has 0 heterocycles. The molecule has 86 valence electrons. The molecular weight excluding hydrogens is 391 g/mol. The Morgan fingerprint density at radius 2 is 1.56 bits per heavy atom. The van der Waals surface area contributed by atoms with Gasteiger partial charge in [-0.25, -0.2) is 9.59 Å². The summed E-state index contributed by atoms with van der Waals surface area (Å²) in [7, 11) is 2.61. The second kappa shape index (κ2) is 5.62. The molecule has 1 aromatic rings. The van der Waals surface area contributed by atoms with Crippen LogP contribution < -0.4 is 0 Å². The third-order valence-electron chi connectivity index (χ3n) is 1.89. The maximum absolute atomic E-state index is 11.4. The van der Waals surface area contributed by atoms with Crippen LogP contribution in [-0.2, 0) is 9.47 Å². The van der Waals surface area contributed by atoms with Gasteiger partial charge in [0.25, 0.3) is 0 Å². The van der Waals surface area contributed by atoms with E-state index in [0.29, 0.717) is 19.2 Å². The van der Waals surface area contributed by atoms with Crippen LogP contribution in [0.3, 0.4) is 0 Å². The van der Waals surface area contributed by atoms with Crippen molar-refractivity contribution in [2.75, 3.05) is 14.2 Å². The van der Waals surface area contributed by atoms with Crippen molar-refractivity contribution in [3.05, 3.63) is 31.3 Å². The minimum atomic E-state index is -0.457. The van der Waals surface area contributed by atoms with E-state index in [9.17, 15) is 9.59 Å². The molecule has 0 atom stereocenters. The first kappa shape index (κ1) is 13.4. The van der Waals surface area contributed by atoms with Crippen LogP contribution in [0.4, 0.5) is 0 Å². The summed E-state index contributed by atoms with van der Waals surface area (Å²) in [4.78, 5) is 22.7. The summed E-state index contributed by atoms with van der Waals surface area (Å²) in [6, 6.07) is 3.05. The number of carbonyl (C=O) groups is 2. The zero-order valence-corrected chi connectivity index (χ0v) is 12.3. The van der Waals surface area contributed by atoms with E-state index in [0.717, 1.165) is 0 Å². The molecule has 0 spiro atoms. The van der Waals surface area contributed by atoms with Gasteiger partial charge in [0.1, 0.15) is 0 Å². The molecule has 0 aromatic heterocycles. The summed E-state index contributed by atoms with van der Waals surface area (Å²) in [5.41, 5.74) is 0.780. The van der Waals surface area contributed by atoms with Gasteiger partial charge < -0.3 is 9.47 Å². The Labute approximate surface area is 115 Å². The van der Waals surface area contributed by atoms with Crippen LogP contribution in [0.15, 0.2) is 16.6 Å². The Balaban J connectivity index is 3.28. The Bertz CT molecular complexity index is 404. The van der Waals surface area contributed by atoms with Crippen LogP contribution in [0.25, 0.3) is 0 Å². The van der Waals surface area contributed by atoms with Crippen LogP contribution >= 0.6 is 38.5 Å². The molecule has 6 heteroatoms. The number of hydrogen-bond acceptors (Lipinski definition) is 4. The fourth-order valence-electron chi connectivity index (χ4n) is 1.08. The molecule has 0 amide bonds. The second-order valence-electron chi connectivity index (χ2n) is 2.77. The van der Waals surface area contributed by atoms with Gasteiger partial charge >= 0.3 is 11.9 Å². The highest BCUT2D eigenvalue weighted by atomic mass is 127. The van der Waals surface area contributed by atoms with E-state index in [4.69, 9.17) is 0 Å². The third-order valence-corrected chi connectivity index (χ3v) is 4.58. The van der Waals surface area contributed by atoms with Crippen molar-refractivity contribution in [3.63, 3.8) is 0 Å². The lowest BCUT2D eigenvalue weighted by Crippen LogP contribution is -2.08. The van der Waals surface area contributed by atoms with Gasteiger partial charge in [0.15, 0.2) is 0 Å². The van der Waals surface area contributed by atoms with Crippen LogP contribution in [0.2, 0.25) is 0 Å². The van der Waals surface area contributed by atoms with Crippen LogP contribution in [0.5, 0.6) is 0 Å². The van der Waals surface area contributed by atoms with Crippen molar-refractivity contribution >= 4 is 50.5 Å². The van der Waals surface area contributed by atoms with E-state index in [2.05, 4.69) is 25.4 Å². The molecule has 0 radical (unpaired) electrons. The summed E-state index contributed by atoms with van der Waals surface area (Å²) in [5, 5.41) is 0. The quantitative estimate of drug-likeness (QED) is 0.567. The molecule has 1 aromatic carbocycles. The number of hydrogen-bond donors (Lipinski definition) is 0. The van der Waals surface area contributed by atoms with E-state index in [1.54, 1.807) is 0 Å². The lowest BCUT2D eigenvalue weighted by Gasteiger charge is -2.08. The molecule has 0 saturated heterocycles. The van der Waals surface area contributed by atoms with Crippen molar-refractivity contribution < 1.29 is 19.1 Å². The van der Waals surface area contributed by atoms with Gasteiger partial charge in [-0.15, -0.1) is 0 Å². The monoisotopic (exact) mass is 398 g/mol. The molecular formula is C10H8BrIO4. The summed E-state index contributed by atoms with van der Waals surface area (Å²) in [5.74, 6) is -0.900. The first-order chi connectivity index (χ1) is 7.52. The molecule has 4 nitrogen and oxygen atoms in total. The molecule has 0 aliphatic heterocycles. The first-order valence-electron chi connectivity index (χ1n) is 4.17. The fraction of sp³-hybridized carbons (Fsp3) is 0.200. The van der Waals surface area contributed by atoms with Gasteiger partial charge in [0.05, 0.1) is 25.3 Å². The van der Waals surface area contributed by atoms with Crippen LogP contribution in [0, 0.1) is 3.57 Å². The first-order valence-corrected chi connectivity index (χ1v) is 6.04. The van der Waals surface area contributed by atoms with E-state index < -0.39 is 11.9 Å². The second-order valence-corrected chi connectivity index (χ2v) is 4.64. The Hall–Kier alpha value is -0.630.